The van der Waals surface area contributed by atoms with Crippen molar-refractivity contribution in [2.24, 2.45) is 11.8 Å². The van der Waals surface area contributed by atoms with Gasteiger partial charge < -0.3 is 11.5 Å². The van der Waals surface area contributed by atoms with E-state index in [-0.39, 0.29) is 0 Å². The smallest absolute Gasteiger partial charge is 0.0316 e. The highest BCUT2D eigenvalue weighted by Gasteiger charge is 2.24. The summed E-state index contributed by atoms with van der Waals surface area (Å²) in [5.41, 5.74) is 25.3. The summed E-state index contributed by atoms with van der Waals surface area (Å²) >= 11 is 0. The van der Waals surface area contributed by atoms with Gasteiger partial charge in [0, 0.05) is 29.1 Å². The fourth-order valence-corrected chi connectivity index (χ4v) is 9.20. The van der Waals surface area contributed by atoms with Gasteiger partial charge in [-0.05, 0) is 120 Å². The summed E-state index contributed by atoms with van der Waals surface area (Å²) in [7, 11) is 0. The maximum Gasteiger partial charge on any atom is 0.0316 e. The molecule has 1 saturated carbocycles. The number of aryl methyl sites for hydroxylation is 2. The third-order valence-corrected chi connectivity index (χ3v) is 12.4. The van der Waals surface area contributed by atoms with Gasteiger partial charge in [-0.25, -0.2) is 0 Å². The van der Waals surface area contributed by atoms with Gasteiger partial charge in [-0.1, -0.05) is 152 Å². The molecule has 5 rings (SSSR count). The number of anilines is 2. The first kappa shape index (κ1) is 38.7. The SMILES string of the molecule is CCCCCC(c1ccc(C(CCC(C)C2CCCCC2)c2ccc(C(CCCCC)c3ccc(N)cc3C)cc2)cc1)c1ccc(N)cc1C. The number of hydrogen-bond donors (Lipinski definition) is 2. The molecule has 0 radical (unpaired) electrons. The third-order valence-electron chi connectivity index (χ3n) is 12.4. The molecule has 0 amide bonds. The number of hydrogen-bond acceptors (Lipinski definition) is 2. The second kappa shape index (κ2) is 19.4. The summed E-state index contributed by atoms with van der Waals surface area (Å²) < 4.78 is 0. The maximum atomic E-state index is 6.18. The van der Waals surface area contributed by atoms with E-state index in [1.165, 1.54) is 141 Å². The van der Waals surface area contributed by atoms with Gasteiger partial charge in [0.1, 0.15) is 0 Å². The molecule has 4 N–H and O–H groups in total. The maximum absolute atomic E-state index is 6.18. The molecule has 3 unspecified atom stereocenters. The Morgan fingerprint density at radius 1 is 0.510 bits per heavy atom. The fourth-order valence-electron chi connectivity index (χ4n) is 9.20. The van der Waals surface area contributed by atoms with Gasteiger partial charge in [0.05, 0.1) is 0 Å². The molecular weight excluding hydrogens is 617 g/mol. The molecule has 1 fully saturated rings. The fraction of sp³-hybridized carbons (Fsp3) is 0.510. The zero-order chi connectivity index (χ0) is 36.2. The van der Waals surface area contributed by atoms with Gasteiger partial charge in [0.2, 0.25) is 0 Å². The van der Waals surface area contributed by atoms with Crippen LogP contribution in [0.4, 0.5) is 11.4 Å². The van der Waals surface area contributed by atoms with Gasteiger partial charge in [0.25, 0.3) is 0 Å². The average Bonchev–Trinajstić information content (AvgIpc) is 3.14. The Hall–Kier alpha value is -3.52. The molecule has 51 heavy (non-hydrogen) atoms. The van der Waals surface area contributed by atoms with Crippen molar-refractivity contribution in [3.8, 4) is 0 Å². The van der Waals surface area contributed by atoms with E-state index in [1.807, 2.05) is 0 Å². The van der Waals surface area contributed by atoms with Crippen LogP contribution < -0.4 is 11.5 Å². The molecule has 274 valence electrons. The van der Waals surface area contributed by atoms with Crippen LogP contribution in [0.25, 0.3) is 0 Å². The summed E-state index contributed by atoms with van der Waals surface area (Å²) in [6.45, 7) is 11.6. The first-order valence-electron chi connectivity index (χ1n) is 20.7. The predicted molar refractivity (Wildman–Crippen MR) is 223 cm³/mol. The molecule has 0 bridgehead atoms. The summed E-state index contributed by atoms with van der Waals surface area (Å²) in [6.07, 6.45) is 19.5. The van der Waals surface area contributed by atoms with Gasteiger partial charge >= 0.3 is 0 Å². The van der Waals surface area contributed by atoms with Gasteiger partial charge in [-0.15, -0.1) is 0 Å². The van der Waals surface area contributed by atoms with Crippen molar-refractivity contribution in [1.29, 1.82) is 0 Å². The van der Waals surface area contributed by atoms with Crippen LogP contribution >= 0.6 is 0 Å². The molecule has 1 aliphatic rings. The lowest BCUT2D eigenvalue weighted by Crippen LogP contribution is -2.16. The molecule has 0 aliphatic heterocycles. The zero-order valence-electron chi connectivity index (χ0n) is 32.7. The minimum Gasteiger partial charge on any atom is -0.399 e. The van der Waals surface area contributed by atoms with E-state index in [1.54, 1.807) is 0 Å². The molecule has 0 heterocycles. The van der Waals surface area contributed by atoms with Crippen LogP contribution in [0.5, 0.6) is 0 Å². The Kier molecular flexibility index (Phi) is 14.7. The molecule has 3 atom stereocenters. The van der Waals surface area contributed by atoms with Crippen LogP contribution in [0.15, 0.2) is 84.9 Å². The lowest BCUT2D eigenvalue weighted by molar-refractivity contribution is 0.247. The van der Waals surface area contributed by atoms with Gasteiger partial charge in [-0.3, -0.25) is 0 Å². The van der Waals surface area contributed by atoms with Crippen LogP contribution in [-0.4, -0.2) is 0 Å². The summed E-state index contributed by atoms with van der Waals surface area (Å²) in [4.78, 5) is 0. The molecule has 0 saturated heterocycles. The van der Waals surface area contributed by atoms with Crippen molar-refractivity contribution in [3.63, 3.8) is 0 Å². The molecule has 2 nitrogen and oxygen atoms in total. The van der Waals surface area contributed by atoms with Crippen molar-refractivity contribution in [1.82, 2.24) is 0 Å². The summed E-state index contributed by atoms with van der Waals surface area (Å²) in [5.74, 6) is 2.86. The quantitative estimate of drug-likeness (QED) is 0.0809. The Morgan fingerprint density at radius 2 is 0.922 bits per heavy atom. The molecule has 2 heteroatoms. The van der Waals surface area contributed by atoms with Crippen molar-refractivity contribution in [2.45, 2.75) is 149 Å². The minimum absolute atomic E-state index is 0.396. The van der Waals surface area contributed by atoms with Crippen LogP contribution in [0.2, 0.25) is 0 Å². The lowest BCUT2D eigenvalue weighted by atomic mass is 9.76. The Labute approximate surface area is 311 Å². The Morgan fingerprint density at radius 3 is 1.31 bits per heavy atom. The van der Waals surface area contributed by atoms with Crippen LogP contribution in [-0.2, 0) is 0 Å². The standard InChI is InChI=1S/C49H68N2/c1-6-8-11-17-48(45-31-28-43(50)33-36(45)4)41-24-20-39(21-25-41)47(30-19-35(3)38-15-13-10-14-16-38)40-22-26-42(27-23-40)49(18-12-9-7-2)46-32-29-44(51)34-37(46)5/h20-29,31-35,38,47-49H,6-19,30,50-51H2,1-5H3. The van der Waals surface area contributed by atoms with Gasteiger partial charge in [-0.2, -0.15) is 0 Å². The summed E-state index contributed by atoms with van der Waals surface area (Å²) in [5, 5.41) is 0. The van der Waals surface area contributed by atoms with Crippen molar-refractivity contribution >= 4 is 11.4 Å². The molecule has 4 aromatic carbocycles. The molecule has 1 aliphatic carbocycles. The second-order valence-corrected chi connectivity index (χ2v) is 16.2. The van der Waals surface area contributed by atoms with Crippen LogP contribution in [0, 0.1) is 25.7 Å². The van der Waals surface area contributed by atoms with E-state index < -0.39 is 0 Å². The topological polar surface area (TPSA) is 52.0 Å². The van der Waals surface area contributed by atoms with Crippen LogP contribution in [0.1, 0.15) is 179 Å². The Bertz CT molecular complexity index is 1500. The second-order valence-electron chi connectivity index (χ2n) is 16.2. The molecule has 4 aromatic rings. The number of rotatable bonds is 18. The number of nitrogens with two attached hydrogens (primary N) is 2. The summed E-state index contributed by atoms with van der Waals surface area (Å²) in [6, 6.07) is 32.6. The molecular formula is C49H68N2. The van der Waals surface area contributed by atoms with Gasteiger partial charge in [0.15, 0.2) is 0 Å². The third kappa shape index (κ3) is 10.5. The van der Waals surface area contributed by atoms with E-state index in [4.69, 9.17) is 11.5 Å². The van der Waals surface area contributed by atoms with Crippen molar-refractivity contribution < 1.29 is 0 Å². The van der Waals surface area contributed by atoms with E-state index >= 15 is 0 Å². The van der Waals surface area contributed by atoms with E-state index in [0.717, 1.165) is 23.2 Å². The molecule has 0 aromatic heterocycles. The highest BCUT2D eigenvalue weighted by molar-refractivity contribution is 5.50. The Balaban J connectivity index is 1.45. The van der Waals surface area contributed by atoms with Crippen molar-refractivity contribution in [2.75, 3.05) is 11.5 Å². The van der Waals surface area contributed by atoms with E-state index in [0.29, 0.717) is 17.8 Å². The minimum atomic E-state index is 0.396. The monoisotopic (exact) mass is 685 g/mol. The van der Waals surface area contributed by atoms with E-state index in [9.17, 15) is 0 Å². The lowest BCUT2D eigenvalue weighted by Gasteiger charge is -2.29. The number of nitrogen functional groups attached to an aromatic ring is 2. The molecule has 0 spiro atoms. The highest BCUT2D eigenvalue weighted by Crippen LogP contribution is 2.40. The van der Waals surface area contributed by atoms with Crippen molar-refractivity contribution in [3.05, 3.63) is 129 Å². The number of unbranched alkanes of at least 4 members (excludes halogenated alkanes) is 4. The first-order valence-corrected chi connectivity index (χ1v) is 20.7. The highest BCUT2D eigenvalue weighted by atomic mass is 14.5. The first-order chi connectivity index (χ1) is 24.8. The average molecular weight is 685 g/mol. The number of benzene rings is 4. The van der Waals surface area contributed by atoms with Crippen LogP contribution in [0.3, 0.4) is 0 Å². The normalized spacial score (nSPS) is 16.1. The zero-order valence-corrected chi connectivity index (χ0v) is 32.7. The van der Waals surface area contributed by atoms with E-state index in [2.05, 4.69) is 120 Å². The predicted octanol–water partition coefficient (Wildman–Crippen LogP) is 14.0. The largest absolute Gasteiger partial charge is 0.399 e.